The summed E-state index contributed by atoms with van der Waals surface area (Å²) in [6, 6.07) is 7.22. The van der Waals surface area contributed by atoms with Crippen molar-refractivity contribution in [3.05, 3.63) is 29.8 Å². The molecule has 100 valence electrons. The lowest BCUT2D eigenvalue weighted by atomic mass is 10.2. The van der Waals surface area contributed by atoms with Crippen LogP contribution in [0.4, 0.5) is 5.69 Å². The molecule has 0 spiro atoms. The van der Waals surface area contributed by atoms with Crippen LogP contribution in [0, 0.1) is 0 Å². The van der Waals surface area contributed by atoms with Gasteiger partial charge in [-0.3, -0.25) is 0 Å². The smallest absolute Gasteiger partial charge is 0.214 e. The number of nitrogens with two attached hydrogens (primary N) is 1. The Balaban J connectivity index is 1.90. The third kappa shape index (κ3) is 3.69. The van der Waals surface area contributed by atoms with E-state index in [1.165, 1.54) is 0 Å². The molecule has 1 heterocycles. The van der Waals surface area contributed by atoms with E-state index in [0.29, 0.717) is 12.3 Å². The Morgan fingerprint density at radius 1 is 1.39 bits per heavy atom. The highest BCUT2D eigenvalue weighted by Gasteiger charge is 2.23. The first-order valence-electron chi connectivity index (χ1n) is 5.99. The van der Waals surface area contributed by atoms with Gasteiger partial charge >= 0.3 is 0 Å². The van der Waals surface area contributed by atoms with Crippen molar-refractivity contribution in [2.45, 2.75) is 25.5 Å². The molecule has 3 N–H and O–H groups in total. The van der Waals surface area contributed by atoms with E-state index in [2.05, 4.69) is 4.72 Å². The molecule has 6 heteroatoms. The van der Waals surface area contributed by atoms with Crippen LogP contribution in [0.3, 0.4) is 0 Å². The molecule has 0 amide bonds. The predicted molar refractivity (Wildman–Crippen MR) is 70.5 cm³/mol. The minimum Gasteiger partial charge on any atom is -0.398 e. The molecule has 5 nitrogen and oxygen atoms in total. The summed E-state index contributed by atoms with van der Waals surface area (Å²) in [5, 5.41) is 0. The van der Waals surface area contributed by atoms with E-state index >= 15 is 0 Å². The van der Waals surface area contributed by atoms with E-state index in [9.17, 15) is 8.42 Å². The Labute approximate surface area is 107 Å². The van der Waals surface area contributed by atoms with Crippen LogP contribution in [0.15, 0.2) is 24.3 Å². The minimum atomic E-state index is -3.31. The fourth-order valence-corrected chi connectivity index (χ4v) is 3.21. The van der Waals surface area contributed by atoms with Crippen LogP contribution in [0.5, 0.6) is 0 Å². The van der Waals surface area contributed by atoms with Gasteiger partial charge in [0.15, 0.2) is 0 Å². The Morgan fingerprint density at radius 2 is 2.17 bits per heavy atom. The summed E-state index contributed by atoms with van der Waals surface area (Å²) in [5.74, 6) is 0.0275. The Kier molecular flexibility index (Phi) is 4.21. The van der Waals surface area contributed by atoms with E-state index in [1.807, 2.05) is 18.2 Å². The molecular weight excluding hydrogens is 252 g/mol. The molecule has 1 fully saturated rings. The summed E-state index contributed by atoms with van der Waals surface area (Å²) in [7, 11) is -3.31. The quantitative estimate of drug-likeness (QED) is 0.778. The van der Waals surface area contributed by atoms with Crippen molar-refractivity contribution in [2.24, 2.45) is 0 Å². The predicted octanol–water partition coefficient (Wildman–Crippen LogP) is 0.867. The maximum absolute atomic E-state index is 11.8. The molecule has 0 saturated carbocycles. The Hall–Kier alpha value is -1.11. The normalized spacial score (nSPS) is 20.1. The standard InChI is InChI=1S/C12H18N2O3S/c13-12-6-2-1-4-10(12)8-14-18(15,16)9-11-5-3-7-17-11/h1-2,4,6,11,14H,3,5,7-9,13H2. The summed E-state index contributed by atoms with van der Waals surface area (Å²) in [6.07, 6.45) is 1.58. The van der Waals surface area contributed by atoms with Gasteiger partial charge in [-0.05, 0) is 24.5 Å². The van der Waals surface area contributed by atoms with Crippen molar-refractivity contribution in [1.29, 1.82) is 0 Å². The number of para-hydroxylation sites is 1. The summed E-state index contributed by atoms with van der Waals surface area (Å²) in [5.41, 5.74) is 7.13. The van der Waals surface area contributed by atoms with Crippen molar-refractivity contribution < 1.29 is 13.2 Å². The van der Waals surface area contributed by atoms with Gasteiger partial charge in [0.2, 0.25) is 10.0 Å². The molecule has 1 aliphatic heterocycles. The van der Waals surface area contributed by atoms with Crippen molar-refractivity contribution in [1.82, 2.24) is 4.72 Å². The number of hydrogen-bond donors (Lipinski definition) is 2. The van der Waals surface area contributed by atoms with Crippen LogP contribution >= 0.6 is 0 Å². The molecule has 1 saturated heterocycles. The van der Waals surface area contributed by atoms with Crippen LogP contribution in [0.1, 0.15) is 18.4 Å². The van der Waals surface area contributed by atoms with Gasteiger partial charge in [-0.15, -0.1) is 0 Å². The van der Waals surface area contributed by atoms with Crippen molar-refractivity contribution >= 4 is 15.7 Å². The van der Waals surface area contributed by atoms with E-state index in [0.717, 1.165) is 18.4 Å². The number of anilines is 1. The highest BCUT2D eigenvalue weighted by molar-refractivity contribution is 7.89. The number of rotatable bonds is 5. The molecule has 1 aliphatic rings. The molecule has 0 radical (unpaired) electrons. The number of hydrogen-bond acceptors (Lipinski definition) is 4. The van der Waals surface area contributed by atoms with E-state index in [-0.39, 0.29) is 18.4 Å². The Bertz CT molecular complexity index is 496. The fourth-order valence-electron chi connectivity index (χ4n) is 1.96. The Morgan fingerprint density at radius 3 is 2.83 bits per heavy atom. The van der Waals surface area contributed by atoms with Gasteiger partial charge in [0.25, 0.3) is 0 Å². The molecule has 1 aromatic rings. The molecule has 1 aromatic carbocycles. The molecule has 1 unspecified atom stereocenters. The largest absolute Gasteiger partial charge is 0.398 e. The lowest BCUT2D eigenvalue weighted by molar-refractivity contribution is 0.127. The summed E-state index contributed by atoms with van der Waals surface area (Å²) >= 11 is 0. The topological polar surface area (TPSA) is 81.4 Å². The van der Waals surface area contributed by atoms with Gasteiger partial charge in [-0.2, -0.15) is 0 Å². The van der Waals surface area contributed by atoms with Crippen LogP contribution < -0.4 is 10.5 Å². The van der Waals surface area contributed by atoms with Gasteiger partial charge < -0.3 is 10.5 Å². The third-order valence-electron chi connectivity index (χ3n) is 2.97. The van der Waals surface area contributed by atoms with Crippen LogP contribution in [0.25, 0.3) is 0 Å². The molecule has 1 atom stereocenters. The first-order valence-corrected chi connectivity index (χ1v) is 7.64. The summed E-state index contributed by atoms with van der Waals surface area (Å²) < 4.78 is 31.6. The highest BCUT2D eigenvalue weighted by Crippen LogP contribution is 2.14. The highest BCUT2D eigenvalue weighted by atomic mass is 32.2. The number of ether oxygens (including phenoxy) is 1. The third-order valence-corrected chi connectivity index (χ3v) is 4.36. The molecule has 0 aromatic heterocycles. The van der Waals surface area contributed by atoms with Gasteiger partial charge in [0.1, 0.15) is 0 Å². The summed E-state index contributed by atoms with van der Waals surface area (Å²) in [4.78, 5) is 0. The monoisotopic (exact) mass is 270 g/mol. The van der Waals surface area contributed by atoms with Gasteiger partial charge in [-0.25, -0.2) is 13.1 Å². The average molecular weight is 270 g/mol. The van der Waals surface area contributed by atoms with E-state index in [4.69, 9.17) is 10.5 Å². The number of nitrogens with one attached hydrogen (secondary N) is 1. The lowest BCUT2D eigenvalue weighted by Crippen LogP contribution is -2.31. The lowest BCUT2D eigenvalue weighted by Gasteiger charge is -2.12. The molecular formula is C12H18N2O3S. The van der Waals surface area contributed by atoms with E-state index in [1.54, 1.807) is 6.07 Å². The minimum absolute atomic E-state index is 0.0275. The molecule has 2 rings (SSSR count). The van der Waals surface area contributed by atoms with E-state index < -0.39 is 10.0 Å². The molecule has 0 bridgehead atoms. The fraction of sp³-hybridized carbons (Fsp3) is 0.500. The van der Waals surface area contributed by atoms with Crippen LogP contribution in [0.2, 0.25) is 0 Å². The van der Waals surface area contributed by atoms with Gasteiger partial charge in [0, 0.05) is 18.8 Å². The zero-order chi connectivity index (χ0) is 13.0. The maximum Gasteiger partial charge on any atom is 0.214 e. The number of benzene rings is 1. The average Bonchev–Trinajstić information content (AvgIpc) is 2.80. The second-order valence-electron chi connectivity index (χ2n) is 4.44. The van der Waals surface area contributed by atoms with Crippen LogP contribution in [-0.2, 0) is 21.3 Å². The van der Waals surface area contributed by atoms with Crippen molar-refractivity contribution in [3.8, 4) is 0 Å². The second kappa shape index (κ2) is 5.69. The first-order chi connectivity index (χ1) is 8.57. The van der Waals surface area contributed by atoms with Crippen molar-refractivity contribution in [2.75, 3.05) is 18.1 Å². The zero-order valence-corrected chi connectivity index (χ0v) is 10.9. The number of nitrogen functional groups attached to an aromatic ring is 1. The van der Waals surface area contributed by atoms with Gasteiger partial charge in [0.05, 0.1) is 11.9 Å². The second-order valence-corrected chi connectivity index (χ2v) is 6.29. The SMILES string of the molecule is Nc1ccccc1CNS(=O)(=O)CC1CCCO1. The molecule has 0 aliphatic carbocycles. The van der Waals surface area contributed by atoms with Crippen molar-refractivity contribution in [3.63, 3.8) is 0 Å². The number of sulfonamides is 1. The molecule has 18 heavy (non-hydrogen) atoms. The van der Waals surface area contributed by atoms with Gasteiger partial charge in [-0.1, -0.05) is 18.2 Å². The summed E-state index contributed by atoms with van der Waals surface area (Å²) in [6.45, 7) is 0.882. The zero-order valence-electron chi connectivity index (χ0n) is 10.1. The first kappa shape index (κ1) is 13.3. The van der Waals surface area contributed by atoms with Crippen LogP contribution in [-0.4, -0.2) is 26.9 Å². The maximum atomic E-state index is 11.8.